The summed E-state index contributed by atoms with van der Waals surface area (Å²) in [5, 5.41) is 9.00. The molecule has 0 radical (unpaired) electrons. The van der Waals surface area contributed by atoms with Crippen LogP contribution in [0.1, 0.15) is 29.9 Å². The fourth-order valence-electron chi connectivity index (χ4n) is 1.36. The molecule has 1 saturated carbocycles. The molecule has 1 fully saturated rings. The number of rotatable bonds is 3. The highest BCUT2D eigenvalue weighted by molar-refractivity contribution is 5.15. The van der Waals surface area contributed by atoms with E-state index in [9.17, 15) is 0 Å². The van der Waals surface area contributed by atoms with Gasteiger partial charge in [-0.1, -0.05) is 0 Å². The van der Waals surface area contributed by atoms with E-state index in [0.717, 1.165) is 29.4 Å². The van der Waals surface area contributed by atoms with E-state index < -0.39 is 0 Å². The molecule has 1 aliphatic carbocycles. The Hall–Kier alpha value is -0.960. The first-order valence-electron chi connectivity index (χ1n) is 4.72. The Kier molecular flexibility index (Phi) is 2.27. The number of hydrogen-bond acceptors (Lipinski definition) is 3. The summed E-state index contributed by atoms with van der Waals surface area (Å²) in [4.78, 5) is 8.55. The maximum absolute atomic E-state index is 9.00. The Morgan fingerprint density at radius 2 is 2.31 bits per heavy atom. The van der Waals surface area contributed by atoms with E-state index >= 15 is 0 Å². The van der Waals surface area contributed by atoms with Crippen LogP contribution in [-0.4, -0.2) is 15.1 Å². The van der Waals surface area contributed by atoms with E-state index in [0.29, 0.717) is 0 Å². The average Bonchev–Trinajstić information content (AvgIpc) is 2.92. The quantitative estimate of drug-likeness (QED) is 0.757. The monoisotopic (exact) mass is 178 g/mol. The van der Waals surface area contributed by atoms with Gasteiger partial charge in [0.2, 0.25) is 0 Å². The Bertz CT molecular complexity index is 308. The summed E-state index contributed by atoms with van der Waals surface area (Å²) >= 11 is 0. The summed E-state index contributed by atoms with van der Waals surface area (Å²) in [6, 6.07) is 0. The first-order chi connectivity index (χ1) is 6.29. The third-order valence-corrected chi connectivity index (χ3v) is 2.44. The number of aliphatic hydroxyl groups excluding tert-OH is 1. The fourth-order valence-corrected chi connectivity index (χ4v) is 1.36. The van der Waals surface area contributed by atoms with Gasteiger partial charge in [-0.25, -0.2) is 9.97 Å². The summed E-state index contributed by atoms with van der Waals surface area (Å²) in [6.45, 7) is 1.94. The third kappa shape index (κ3) is 2.04. The van der Waals surface area contributed by atoms with Gasteiger partial charge in [0.15, 0.2) is 0 Å². The molecule has 0 saturated heterocycles. The van der Waals surface area contributed by atoms with Crippen molar-refractivity contribution in [2.75, 3.05) is 0 Å². The van der Waals surface area contributed by atoms with Crippen LogP contribution in [0, 0.1) is 12.8 Å². The molecule has 2 rings (SSSR count). The highest BCUT2D eigenvalue weighted by Crippen LogP contribution is 2.31. The second kappa shape index (κ2) is 3.42. The predicted molar refractivity (Wildman–Crippen MR) is 49.1 cm³/mol. The van der Waals surface area contributed by atoms with E-state index in [1.54, 1.807) is 6.20 Å². The minimum atomic E-state index is 0.0199. The van der Waals surface area contributed by atoms with E-state index in [4.69, 9.17) is 5.11 Å². The maximum atomic E-state index is 9.00. The SMILES string of the molecule is Cc1cnc(CC2CC2)nc1CO. The second-order valence-electron chi connectivity index (χ2n) is 3.72. The molecule has 0 aromatic carbocycles. The maximum Gasteiger partial charge on any atom is 0.128 e. The van der Waals surface area contributed by atoms with Gasteiger partial charge in [-0.05, 0) is 31.2 Å². The lowest BCUT2D eigenvalue weighted by Crippen LogP contribution is -2.02. The van der Waals surface area contributed by atoms with Gasteiger partial charge in [-0.3, -0.25) is 0 Å². The summed E-state index contributed by atoms with van der Waals surface area (Å²) in [7, 11) is 0. The Balaban J connectivity index is 2.16. The molecule has 70 valence electrons. The van der Waals surface area contributed by atoms with Gasteiger partial charge in [-0.2, -0.15) is 0 Å². The summed E-state index contributed by atoms with van der Waals surface area (Å²) in [5.41, 5.74) is 1.74. The molecule has 0 atom stereocenters. The van der Waals surface area contributed by atoms with Crippen LogP contribution in [0.2, 0.25) is 0 Å². The molecule has 1 aromatic heterocycles. The third-order valence-electron chi connectivity index (χ3n) is 2.44. The average molecular weight is 178 g/mol. The van der Waals surface area contributed by atoms with E-state index in [1.165, 1.54) is 12.8 Å². The van der Waals surface area contributed by atoms with Crippen LogP contribution in [0.5, 0.6) is 0 Å². The van der Waals surface area contributed by atoms with Crippen LogP contribution < -0.4 is 0 Å². The number of hydrogen-bond donors (Lipinski definition) is 1. The molecule has 3 heteroatoms. The summed E-state index contributed by atoms with van der Waals surface area (Å²) < 4.78 is 0. The largest absolute Gasteiger partial charge is 0.390 e. The van der Waals surface area contributed by atoms with E-state index in [1.807, 2.05) is 6.92 Å². The fraction of sp³-hybridized carbons (Fsp3) is 0.600. The van der Waals surface area contributed by atoms with Crippen molar-refractivity contribution in [3.8, 4) is 0 Å². The van der Waals surface area contributed by atoms with Crippen molar-refractivity contribution in [3.63, 3.8) is 0 Å². The number of aliphatic hydroxyl groups is 1. The molecule has 0 amide bonds. The molecule has 0 bridgehead atoms. The molecule has 0 aliphatic heterocycles. The Morgan fingerprint density at radius 1 is 1.54 bits per heavy atom. The van der Waals surface area contributed by atoms with Crippen molar-refractivity contribution in [2.45, 2.75) is 32.8 Å². The van der Waals surface area contributed by atoms with Crippen LogP contribution >= 0.6 is 0 Å². The molecule has 1 heterocycles. The molecule has 0 spiro atoms. The van der Waals surface area contributed by atoms with Gasteiger partial charge in [-0.15, -0.1) is 0 Å². The first kappa shape index (κ1) is 8.63. The summed E-state index contributed by atoms with van der Waals surface area (Å²) in [5.74, 6) is 1.69. The van der Waals surface area contributed by atoms with Crippen molar-refractivity contribution in [2.24, 2.45) is 5.92 Å². The normalized spacial score (nSPS) is 16.2. The zero-order valence-electron chi connectivity index (χ0n) is 7.82. The van der Waals surface area contributed by atoms with Gasteiger partial charge in [0, 0.05) is 12.6 Å². The Labute approximate surface area is 77.8 Å². The molecular formula is C10H14N2O. The molecule has 1 aliphatic rings. The number of aryl methyl sites for hydroxylation is 1. The topological polar surface area (TPSA) is 46.0 Å². The molecule has 13 heavy (non-hydrogen) atoms. The van der Waals surface area contributed by atoms with Crippen molar-refractivity contribution in [1.29, 1.82) is 0 Å². The van der Waals surface area contributed by atoms with Gasteiger partial charge in [0.05, 0.1) is 12.3 Å². The molecule has 3 nitrogen and oxygen atoms in total. The van der Waals surface area contributed by atoms with Crippen LogP contribution in [0.15, 0.2) is 6.20 Å². The van der Waals surface area contributed by atoms with Crippen molar-refractivity contribution in [1.82, 2.24) is 9.97 Å². The van der Waals surface area contributed by atoms with Crippen molar-refractivity contribution >= 4 is 0 Å². The van der Waals surface area contributed by atoms with Crippen LogP contribution in [-0.2, 0) is 13.0 Å². The van der Waals surface area contributed by atoms with Crippen LogP contribution in [0.4, 0.5) is 0 Å². The number of aromatic nitrogens is 2. The van der Waals surface area contributed by atoms with E-state index in [2.05, 4.69) is 9.97 Å². The molecule has 0 unspecified atom stereocenters. The van der Waals surface area contributed by atoms with Crippen molar-refractivity contribution in [3.05, 3.63) is 23.3 Å². The molecule has 1 N–H and O–H groups in total. The second-order valence-corrected chi connectivity index (χ2v) is 3.72. The zero-order valence-corrected chi connectivity index (χ0v) is 7.82. The van der Waals surface area contributed by atoms with Crippen molar-refractivity contribution < 1.29 is 5.11 Å². The van der Waals surface area contributed by atoms with Gasteiger partial charge in [0.1, 0.15) is 5.82 Å². The lowest BCUT2D eigenvalue weighted by atomic mass is 10.2. The number of nitrogens with zero attached hydrogens (tertiary/aromatic N) is 2. The minimum absolute atomic E-state index is 0.0199. The highest BCUT2D eigenvalue weighted by atomic mass is 16.3. The Morgan fingerprint density at radius 3 is 2.92 bits per heavy atom. The smallest absolute Gasteiger partial charge is 0.128 e. The van der Waals surface area contributed by atoms with E-state index in [-0.39, 0.29) is 6.61 Å². The predicted octanol–water partition coefficient (Wildman–Crippen LogP) is 1.23. The van der Waals surface area contributed by atoms with Crippen LogP contribution in [0.25, 0.3) is 0 Å². The standard InChI is InChI=1S/C10H14N2O/c1-7-5-11-10(4-8-2-3-8)12-9(7)6-13/h5,8,13H,2-4,6H2,1H3. The minimum Gasteiger partial charge on any atom is -0.390 e. The molecule has 1 aromatic rings. The first-order valence-corrected chi connectivity index (χ1v) is 4.72. The van der Waals surface area contributed by atoms with Gasteiger partial charge < -0.3 is 5.11 Å². The lowest BCUT2D eigenvalue weighted by Gasteiger charge is -2.03. The zero-order chi connectivity index (χ0) is 9.26. The highest BCUT2D eigenvalue weighted by Gasteiger charge is 2.22. The lowest BCUT2D eigenvalue weighted by molar-refractivity contribution is 0.275. The van der Waals surface area contributed by atoms with Gasteiger partial charge in [0.25, 0.3) is 0 Å². The van der Waals surface area contributed by atoms with Gasteiger partial charge >= 0.3 is 0 Å². The molecular weight excluding hydrogens is 164 g/mol. The summed E-state index contributed by atoms with van der Waals surface area (Å²) in [6.07, 6.45) is 5.40. The van der Waals surface area contributed by atoms with Crippen LogP contribution in [0.3, 0.4) is 0 Å².